The van der Waals surface area contributed by atoms with E-state index in [4.69, 9.17) is 0 Å². The summed E-state index contributed by atoms with van der Waals surface area (Å²) < 4.78 is 1.80. The molecule has 6 heteroatoms. The molecule has 0 amide bonds. The monoisotopic (exact) mass is 265 g/mol. The van der Waals surface area contributed by atoms with E-state index in [0.29, 0.717) is 5.92 Å². The fraction of sp³-hybridized carbons (Fsp3) is 0.583. The van der Waals surface area contributed by atoms with E-state index in [0.717, 1.165) is 35.3 Å². The number of aromatic nitrogens is 4. The molecule has 98 valence electrons. The molecule has 0 aliphatic carbocycles. The number of nitrogens with one attached hydrogen (secondary N) is 1. The Balaban J connectivity index is 2.04. The molecular weight excluding hydrogens is 246 g/mol. The van der Waals surface area contributed by atoms with E-state index in [1.54, 1.807) is 16.0 Å². The predicted octanol–water partition coefficient (Wildman–Crippen LogP) is 2.35. The molecule has 2 aromatic rings. The van der Waals surface area contributed by atoms with E-state index in [2.05, 4.69) is 41.4 Å². The summed E-state index contributed by atoms with van der Waals surface area (Å²) in [5.74, 6) is 0.435. The van der Waals surface area contributed by atoms with Crippen LogP contribution < -0.4 is 5.32 Å². The highest BCUT2D eigenvalue weighted by atomic mass is 32.1. The summed E-state index contributed by atoms with van der Waals surface area (Å²) in [5.41, 5.74) is 1.08. The lowest BCUT2D eigenvalue weighted by Gasteiger charge is -1.98. The zero-order chi connectivity index (χ0) is 13.0. The van der Waals surface area contributed by atoms with Gasteiger partial charge in [0.05, 0.1) is 5.69 Å². The van der Waals surface area contributed by atoms with Gasteiger partial charge in [0.25, 0.3) is 0 Å². The first-order valence-corrected chi connectivity index (χ1v) is 7.11. The zero-order valence-electron chi connectivity index (χ0n) is 11.1. The molecule has 0 aromatic carbocycles. The number of nitrogens with zero attached hydrogens (tertiary/aromatic N) is 4. The first-order chi connectivity index (χ1) is 8.70. The number of hydrogen-bond donors (Lipinski definition) is 1. The van der Waals surface area contributed by atoms with Crippen LogP contribution in [-0.4, -0.2) is 26.5 Å². The summed E-state index contributed by atoms with van der Waals surface area (Å²) in [4.78, 5) is 0. The van der Waals surface area contributed by atoms with Gasteiger partial charge < -0.3 is 5.32 Å². The summed E-state index contributed by atoms with van der Waals surface area (Å²) in [6.45, 7) is 8.20. The van der Waals surface area contributed by atoms with Gasteiger partial charge in [0.2, 0.25) is 5.13 Å². The van der Waals surface area contributed by atoms with Crippen molar-refractivity contribution in [3.05, 3.63) is 23.0 Å². The van der Waals surface area contributed by atoms with E-state index >= 15 is 0 Å². The van der Waals surface area contributed by atoms with Crippen molar-refractivity contribution in [3.8, 4) is 5.13 Å². The SMILES string of the molecule is CCCNCc1nnc(-n2ccc(C(C)C)n2)s1. The molecule has 0 saturated carbocycles. The predicted molar refractivity (Wildman–Crippen MR) is 73.1 cm³/mol. The molecule has 2 aromatic heterocycles. The Kier molecular flexibility index (Phi) is 4.43. The van der Waals surface area contributed by atoms with Gasteiger partial charge >= 0.3 is 0 Å². The van der Waals surface area contributed by atoms with E-state index in [1.165, 1.54) is 0 Å². The highest BCUT2D eigenvalue weighted by Gasteiger charge is 2.09. The van der Waals surface area contributed by atoms with E-state index in [9.17, 15) is 0 Å². The fourth-order valence-electron chi connectivity index (χ4n) is 1.53. The van der Waals surface area contributed by atoms with Gasteiger partial charge in [-0.3, -0.25) is 0 Å². The Morgan fingerprint density at radius 3 is 2.89 bits per heavy atom. The van der Waals surface area contributed by atoms with Gasteiger partial charge in [0.1, 0.15) is 5.01 Å². The van der Waals surface area contributed by atoms with E-state index < -0.39 is 0 Å². The zero-order valence-corrected chi connectivity index (χ0v) is 11.9. The smallest absolute Gasteiger partial charge is 0.232 e. The number of hydrogen-bond acceptors (Lipinski definition) is 5. The molecule has 0 radical (unpaired) electrons. The van der Waals surface area contributed by atoms with Crippen LogP contribution in [0.25, 0.3) is 5.13 Å². The Morgan fingerprint density at radius 1 is 1.39 bits per heavy atom. The Labute approximate surface area is 111 Å². The topological polar surface area (TPSA) is 55.6 Å². The third-order valence-corrected chi connectivity index (χ3v) is 3.47. The van der Waals surface area contributed by atoms with Crippen molar-refractivity contribution in [1.29, 1.82) is 0 Å². The molecule has 2 heterocycles. The maximum Gasteiger partial charge on any atom is 0.232 e. The van der Waals surface area contributed by atoms with Crippen molar-refractivity contribution in [1.82, 2.24) is 25.3 Å². The summed E-state index contributed by atoms with van der Waals surface area (Å²) in [7, 11) is 0. The van der Waals surface area contributed by atoms with Crippen molar-refractivity contribution < 1.29 is 0 Å². The molecule has 0 aliphatic heterocycles. The van der Waals surface area contributed by atoms with Crippen LogP contribution in [0.4, 0.5) is 0 Å². The minimum atomic E-state index is 0.435. The molecule has 0 aliphatic rings. The largest absolute Gasteiger partial charge is 0.310 e. The summed E-state index contributed by atoms with van der Waals surface area (Å²) in [5, 5.41) is 18.0. The molecule has 18 heavy (non-hydrogen) atoms. The lowest BCUT2D eigenvalue weighted by molar-refractivity contribution is 0.667. The summed E-state index contributed by atoms with van der Waals surface area (Å²) in [6, 6.07) is 2.03. The van der Waals surface area contributed by atoms with Crippen LogP contribution >= 0.6 is 11.3 Å². The second-order valence-corrected chi connectivity index (χ2v) is 5.54. The van der Waals surface area contributed by atoms with Crippen LogP contribution in [-0.2, 0) is 6.54 Å². The van der Waals surface area contributed by atoms with Gasteiger partial charge in [-0.15, -0.1) is 10.2 Å². The highest BCUT2D eigenvalue weighted by molar-refractivity contribution is 7.13. The van der Waals surface area contributed by atoms with Gasteiger partial charge in [-0.2, -0.15) is 5.10 Å². The Hall–Kier alpha value is -1.27. The molecule has 5 nitrogen and oxygen atoms in total. The molecule has 0 atom stereocenters. The van der Waals surface area contributed by atoms with Gasteiger partial charge in [-0.05, 0) is 24.9 Å². The van der Waals surface area contributed by atoms with Crippen molar-refractivity contribution in [3.63, 3.8) is 0 Å². The molecule has 0 bridgehead atoms. The van der Waals surface area contributed by atoms with Crippen molar-refractivity contribution >= 4 is 11.3 Å². The molecule has 0 fully saturated rings. The minimum absolute atomic E-state index is 0.435. The second-order valence-electron chi connectivity index (χ2n) is 4.50. The molecule has 0 spiro atoms. The molecule has 2 rings (SSSR count). The van der Waals surface area contributed by atoms with Crippen LogP contribution in [0.15, 0.2) is 12.3 Å². The van der Waals surface area contributed by atoms with Crippen molar-refractivity contribution in [2.24, 2.45) is 0 Å². The summed E-state index contributed by atoms with van der Waals surface area (Å²) in [6.07, 6.45) is 3.07. The fourth-order valence-corrected chi connectivity index (χ4v) is 2.28. The number of rotatable bonds is 6. The standard InChI is InChI=1S/C12H19N5S/c1-4-6-13-8-11-14-15-12(18-11)17-7-5-10(16-17)9(2)3/h5,7,9,13H,4,6,8H2,1-3H3. The maximum absolute atomic E-state index is 4.49. The van der Waals surface area contributed by atoms with Crippen molar-refractivity contribution in [2.45, 2.75) is 39.7 Å². The van der Waals surface area contributed by atoms with E-state index in [-0.39, 0.29) is 0 Å². The van der Waals surface area contributed by atoms with Crippen LogP contribution in [0.2, 0.25) is 0 Å². The molecule has 0 saturated heterocycles. The summed E-state index contributed by atoms with van der Waals surface area (Å²) >= 11 is 1.58. The first kappa shape index (κ1) is 13.2. The maximum atomic E-state index is 4.49. The molecule has 0 unspecified atom stereocenters. The lowest BCUT2D eigenvalue weighted by atomic mass is 10.1. The average Bonchev–Trinajstić information content (AvgIpc) is 2.97. The lowest BCUT2D eigenvalue weighted by Crippen LogP contribution is -2.13. The van der Waals surface area contributed by atoms with Gasteiger partial charge in [0, 0.05) is 12.7 Å². The van der Waals surface area contributed by atoms with Crippen molar-refractivity contribution in [2.75, 3.05) is 6.54 Å². The highest BCUT2D eigenvalue weighted by Crippen LogP contribution is 2.17. The second kappa shape index (κ2) is 6.06. The van der Waals surface area contributed by atoms with Gasteiger partial charge in [-0.1, -0.05) is 32.1 Å². The quantitative estimate of drug-likeness (QED) is 0.815. The van der Waals surface area contributed by atoms with Crippen LogP contribution in [0.5, 0.6) is 0 Å². The Morgan fingerprint density at radius 2 is 2.22 bits per heavy atom. The normalized spacial score (nSPS) is 11.3. The van der Waals surface area contributed by atoms with Gasteiger partial charge in [0.15, 0.2) is 0 Å². The minimum Gasteiger partial charge on any atom is -0.310 e. The van der Waals surface area contributed by atoms with E-state index in [1.807, 2.05) is 12.3 Å². The van der Waals surface area contributed by atoms with Crippen LogP contribution in [0, 0.1) is 0 Å². The first-order valence-electron chi connectivity index (χ1n) is 6.29. The van der Waals surface area contributed by atoms with Crippen LogP contribution in [0.3, 0.4) is 0 Å². The average molecular weight is 265 g/mol. The molecular formula is C12H19N5S. The van der Waals surface area contributed by atoms with Gasteiger partial charge in [-0.25, -0.2) is 4.68 Å². The Bertz CT molecular complexity index is 488. The van der Waals surface area contributed by atoms with Crippen LogP contribution in [0.1, 0.15) is 43.8 Å². The molecule has 1 N–H and O–H groups in total. The third kappa shape index (κ3) is 3.14. The third-order valence-electron chi connectivity index (χ3n) is 2.56.